The number of nitrogens with one attached hydrogen (secondary N) is 1. The number of hydrogen-bond acceptors (Lipinski definition) is 6. The first-order valence-electron chi connectivity index (χ1n) is 7.06. The van der Waals surface area contributed by atoms with Crippen molar-refractivity contribution in [2.75, 3.05) is 19.0 Å². The zero-order chi connectivity index (χ0) is 15.1. The van der Waals surface area contributed by atoms with Gasteiger partial charge in [-0.15, -0.1) is 0 Å². The molecule has 2 aromatic rings. The molecule has 2 heterocycles. The number of rotatable bonds is 8. The minimum Gasteiger partial charge on any atom is -0.436 e. The van der Waals surface area contributed by atoms with Crippen LogP contribution < -0.4 is 10.1 Å². The lowest BCUT2D eigenvalue weighted by atomic mass is 10.4. The van der Waals surface area contributed by atoms with Crippen molar-refractivity contribution in [3.63, 3.8) is 0 Å². The Morgan fingerprint density at radius 1 is 1.29 bits per heavy atom. The molecule has 21 heavy (non-hydrogen) atoms. The molecule has 7 nitrogen and oxygen atoms in total. The van der Waals surface area contributed by atoms with E-state index in [2.05, 4.69) is 27.3 Å². The molecule has 0 radical (unpaired) electrons. The van der Waals surface area contributed by atoms with E-state index in [0.717, 1.165) is 25.3 Å². The Hall–Kier alpha value is -2.15. The van der Waals surface area contributed by atoms with Crippen molar-refractivity contribution in [2.24, 2.45) is 0 Å². The molecule has 0 aliphatic rings. The minimum absolute atomic E-state index is 0.340. The number of aromatic nitrogens is 4. The summed E-state index contributed by atoms with van der Waals surface area (Å²) >= 11 is 0. The molecule has 1 N–H and O–H groups in total. The zero-order valence-corrected chi connectivity index (χ0v) is 12.7. The first-order chi connectivity index (χ1) is 10.2. The van der Waals surface area contributed by atoms with Crippen LogP contribution >= 0.6 is 0 Å². The summed E-state index contributed by atoms with van der Waals surface area (Å²) < 4.78 is 12.6. The Labute approximate surface area is 124 Å². The molecule has 0 unspecified atom stereocenters. The predicted octanol–water partition coefficient (Wildman–Crippen LogP) is 2.45. The Morgan fingerprint density at radius 2 is 2.14 bits per heavy atom. The van der Waals surface area contributed by atoms with E-state index in [-0.39, 0.29) is 0 Å². The molecule has 0 fully saturated rings. The van der Waals surface area contributed by atoms with E-state index in [1.54, 1.807) is 24.1 Å². The van der Waals surface area contributed by atoms with Crippen LogP contribution in [-0.4, -0.2) is 33.4 Å². The smallest absolute Gasteiger partial charge is 0.224 e. The molecular weight excluding hydrogens is 270 g/mol. The molecule has 2 rings (SSSR count). The summed E-state index contributed by atoms with van der Waals surface area (Å²) in [7, 11) is 1.61. The molecule has 0 spiro atoms. The van der Waals surface area contributed by atoms with Crippen LogP contribution in [0.4, 0.5) is 5.82 Å². The molecule has 0 saturated carbocycles. The average Bonchev–Trinajstić information content (AvgIpc) is 2.93. The summed E-state index contributed by atoms with van der Waals surface area (Å²) in [4.78, 5) is 8.70. The third-order valence-electron chi connectivity index (χ3n) is 2.73. The quantitative estimate of drug-likeness (QED) is 0.805. The second-order valence-corrected chi connectivity index (χ2v) is 4.50. The fraction of sp³-hybridized carbons (Fsp3) is 0.500. The number of methoxy groups -OCH3 is 1. The van der Waals surface area contributed by atoms with Gasteiger partial charge in [0, 0.05) is 26.3 Å². The lowest BCUT2D eigenvalue weighted by Gasteiger charge is -2.09. The van der Waals surface area contributed by atoms with Crippen LogP contribution in [0.15, 0.2) is 18.5 Å². The van der Waals surface area contributed by atoms with Crippen LogP contribution in [0, 0.1) is 0 Å². The molecule has 0 saturated heterocycles. The highest BCUT2D eigenvalue weighted by Crippen LogP contribution is 2.21. The van der Waals surface area contributed by atoms with Crippen molar-refractivity contribution < 1.29 is 9.47 Å². The number of hydrogen-bond donors (Lipinski definition) is 1. The van der Waals surface area contributed by atoms with Crippen LogP contribution in [0.1, 0.15) is 26.1 Å². The average molecular weight is 291 g/mol. The van der Waals surface area contributed by atoms with Crippen molar-refractivity contribution in [3.8, 4) is 11.6 Å². The van der Waals surface area contributed by atoms with Crippen LogP contribution in [0.25, 0.3) is 0 Å². The van der Waals surface area contributed by atoms with Crippen LogP contribution in [0.3, 0.4) is 0 Å². The van der Waals surface area contributed by atoms with Crippen molar-refractivity contribution >= 4 is 5.82 Å². The standard InChI is InChI=1S/C14H21N5O2/c1-4-6-15-12-7-14(18-13(17-12)10-20-3)21-11-8-16-19(5-2)9-11/h7-9H,4-6,10H2,1-3H3,(H,15,17,18). The Morgan fingerprint density at radius 3 is 2.81 bits per heavy atom. The summed E-state index contributed by atoms with van der Waals surface area (Å²) in [5, 5.41) is 7.40. The highest BCUT2D eigenvalue weighted by molar-refractivity contribution is 5.39. The highest BCUT2D eigenvalue weighted by Gasteiger charge is 2.08. The molecule has 114 valence electrons. The van der Waals surface area contributed by atoms with Gasteiger partial charge in [-0.2, -0.15) is 10.1 Å². The van der Waals surface area contributed by atoms with Crippen LogP contribution in [0.2, 0.25) is 0 Å². The van der Waals surface area contributed by atoms with Gasteiger partial charge in [-0.1, -0.05) is 6.92 Å². The number of nitrogens with zero attached hydrogens (tertiary/aromatic N) is 4. The van der Waals surface area contributed by atoms with Gasteiger partial charge in [-0.3, -0.25) is 4.68 Å². The first-order valence-corrected chi connectivity index (χ1v) is 7.06. The lowest BCUT2D eigenvalue weighted by molar-refractivity contribution is 0.177. The summed E-state index contributed by atoms with van der Waals surface area (Å²) in [6, 6.07) is 1.78. The summed E-state index contributed by atoms with van der Waals surface area (Å²) in [6.45, 7) is 6.10. The Balaban J connectivity index is 2.17. The summed E-state index contributed by atoms with van der Waals surface area (Å²) in [6.07, 6.45) is 4.51. The van der Waals surface area contributed by atoms with Gasteiger partial charge in [-0.05, 0) is 13.3 Å². The zero-order valence-electron chi connectivity index (χ0n) is 12.7. The molecular formula is C14H21N5O2. The molecule has 0 bridgehead atoms. The molecule has 0 aromatic carbocycles. The Bertz CT molecular complexity index is 570. The minimum atomic E-state index is 0.340. The number of aryl methyl sites for hydroxylation is 1. The predicted molar refractivity (Wildman–Crippen MR) is 79.5 cm³/mol. The normalized spacial score (nSPS) is 10.6. The maximum atomic E-state index is 5.74. The van der Waals surface area contributed by atoms with E-state index < -0.39 is 0 Å². The maximum Gasteiger partial charge on any atom is 0.224 e. The number of ether oxygens (including phenoxy) is 2. The molecule has 7 heteroatoms. The monoisotopic (exact) mass is 291 g/mol. The van der Waals surface area contributed by atoms with E-state index in [9.17, 15) is 0 Å². The molecule has 0 amide bonds. The fourth-order valence-corrected chi connectivity index (χ4v) is 1.75. The Kier molecular flexibility index (Phi) is 5.51. The SMILES string of the molecule is CCCNc1cc(Oc2cnn(CC)c2)nc(COC)n1. The second-order valence-electron chi connectivity index (χ2n) is 4.50. The summed E-state index contributed by atoms with van der Waals surface area (Å²) in [5.74, 6) is 2.44. The van der Waals surface area contributed by atoms with Gasteiger partial charge in [0.25, 0.3) is 0 Å². The molecule has 2 aromatic heterocycles. The third-order valence-corrected chi connectivity index (χ3v) is 2.73. The van der Waals surface area contributed by atoms with Crippen molar-refractivity contribution in [2.45, 2.75) is 33.4 Å². The van der Waals surface area contributed by atoms with Gasteiger partial charge in [0.15, 0.2) is 11.6 Å². The largest absolute Gasteiger partial charge is 0.436 e. The van der Waals surface area contributed by atoms with Gasteiger partial charge >= 0.3 is 0 Å². The van der Waals surface area contributed by atoms with Gasteiger partial charge < -0.3 is 14.8 Å². The van der Waals surface area contributed by atoms with E-state index in [4.69, 9.17) is 9.47 Å². The third kappa shape index (κ3) is 4.42. The van der Waals surface area contributed by atoms with Gasteiger partial charge in [0.2, 0.25) is 5.88 Å². The van der Waals surface area contributed by atoms with E-state index in [1.165, 1.54) is 0 Å². The van der Waals surface area contributed by atoms with Crippen LogP contribution in [-0.2, 0) is 17.9 Å². The fourth-order valence-electron chi connectivity index (χ4n) is 1.75. The second kappa shape index (κ2) is 7.58. The highest BCUT2D eigenvalue weighted by atomic mass is 16.5. The van der Waals surface area contributed by atoms with Gasteiger partial charge in [0.05, 0.1) is 12.4 Å². The molecule has 0 aliphatic heterocycles. The van der Waals surface area contributed by atoms with Crippen molar-refractivity contribution in [1.29, 1.82) is 0 Å². The number of anilines is 1. The van der Waals surface area contributed by atoms with E-state index in [1.807, 2.05) is 13.1 Å². The van der Waals surface area contributed by atoms with E-state index >= 15 is 0 Å². The van der Waals surface area contributed by atoms with Crippen LogP contribution in [0.5, 0.6) is 11.6 Å². The maximum absolute atomic E-state index is 5.74. The van der Waals surface area contributed by atoms with Gasteiger partial charge in [0.1, 0.15) is 12.4 Å². The first kappa shape index (κ1) is 15.2. The van der Waals surface area contributed by atoms with Crippen molar-refractivity contribution in [3.05, 3.63) is 24.3 Å². The van der Waals surface area contributed by atoms with Crippen molar-refractivity contribution in [1.82, 2.24) is 19.7 Å². The molecule has 0 aliphatic carbocycles. The lowest BCUT2D eigenvalue weighted by Crippen LogP contribution is -2.06. The topological polar surface area (TPSA) is 74.1 Å². The van der Waals surface area contributed by atoms with Gasteiger partial charge in [-0.25, -0.2) is 4.98 Å². The molecule has 0 atom stereocenters. The summed E-state index contributed by atoms with van der Waals surface area (Å²) in [5.41, 5.74) is 0. The van der Waals surface area contributed by atoms with E-state index in [0.29, 0.717) is 24.1 Å².